The number of carbonyl (C=O) groups excluding carboxylic acids is 1. The largest absolute Gasteiger partial charge is 0.457 e. The molecule has 0 heterocycles. The van der Waals surface area contributed by atoms with Gasteiger partial charge in [0, 0.05) is 0 Å². The molecule has 1 aliphatic carbocycles. The van der Waals surface area contributed by atoms with E-state index in [1.165, 1.54) is 16.5 Å². The number of ether oxygens (including phenoxy) is 1. The minimum atomic E-state index is -0.349. The van der Waals surface area contributed by atoms with Gasteiger partial charge >= 0.3 is 5.97 Å². The highest BCUT2D eigenvalue weighted by molar-refractivity contribution is 5.89. The first-order valence-electron chi connectivity index (χ1n) is 9.07. The molecule has 3 rings (SSSR count). The second-order valence-corrected chi connectivity index (χ2v) is 8.22. The highest BCUT2D eigenvalue weighted by Gasteiger charge is 2.64. The summed E-state index contributed by atoms with van der Waals surface area (Å²) in [6.45, 7) is 12.4. The molecule has 0 amide bonds. The van der Waals surface area contributed by atoms with Crippen LogP contribution in [0.5, 0.6) is 0 Å². The Bertz CT molecular complexity index is 860. The number of aryl methyl sites for hydroxylation is 1. The van der Waals surface area contributed by atoms with Crippen molar-refractivity contribution < 1.29 is 9.53 Å². The van der Waals surface area contributed by atoms with Crippen molar-refractivity contribution in [1.29, 1.82) is 0 Å². The second kappa shape index (κ2) is 6.01. The molecule has 0 radical (unpaired) electrons. The molecule has 0 spiro atoms. The minimum Gasteiger partial charge on any atom is -0.457 e. The quantitative estimate of drug-likeness (QED) is 0.619. The van der Waals surface area contributed by atoms with Crippen LogP contribution in [0.4, 0.5) is 0 Å². The van der Waals surface area contributed by atoms with Gasteiger partial charge in [0.2, 0.25) is 0 Å². The van der Waals surface area contributed by atoms with Gasteiger partial charge in [0.05, 0.1) is 5.41 Å². The molecule has 1 fully saturated rings. The molecule has 1 saturated carbocycles. The fraction of sp³-hybridized carbons (Fsp3) is 0.435. The molecule has 25 heavy (non-hydrogen) atoms. The van der Waals surface area contributed by atoms with Crippen LogP contribution in [0.25, 0.3) is 16.8 Å². The van der Waals surface area contributed by atoms with Gasteiger partial charge in [0.15, 0.2) is 0 Å². The summed E-state index contributed by atoms with van der Waals surface area (Å²) in [5.74, 6) is -0.0807. The normalized spacial score (nSPS) is 23.0. The maximum atomic E-state index is 12.7. The maximum absolute atomic E-state index is 12.7. The molecule has 132 valence electrons. The van der Waals surface area contributed by atoms with Gasteiger partial charge in [0.1, 0.15) is 6.10 Å². The van der Waals surface area contributed by atoms with Crippen molar-refractivity contribution in [2.45, 2.75) is 54.1 Å². The number of rotatable bonds is 4. The summed E-state index contributed by atoms with van der Waals surface area (Å²) in [7, 11) is 0. The van der Waals surface area contributed by atoms with Crippen LogP contribution in [0, 0.1) is 17.8 Å². The van der Waals surface area contributed by atoms with Crippen molar-refractivity contribution in [2.24, 2.45) is 10.8 Å². The first-order valence-corrected chi connectivity index (χ1v) is 9.07. The number of carbonyl (C=O) groups is 1. The number of hydrogen-bond donors (Lipinski definition) is 0. The second-order valence-electron chi connectivity index (χ2n) is 8.22. The average Bonchev–Trinajstić information content (AvgIpc) is 3.07. The Morgan fingerprint density at radius 2 is 1.92 bits per heavy atom. The zero-order chi connectivity index (χ0) is 18.4. The van der Waals surface area contributed by atoms with E-state index in [2.05, 4.69) is 57.2 Å². The Hall–Kier alpha value is -2.09. The van der Waals surface area contributed by atoms with Crippen LogP contribution < -0.4 is 0 Å². The summed E-state index contributed by atoms with van der Waals surface area (Å²) in [6, 6.07) is 10.6. The Morgan fingerprint density at radius 1 is 1.24 bits per heavy atom. The fourth-order valence-electron chi connectivity index (χ4n) is 3.74. The van der Waals surface area contributed by atoms with Crippen molar-refractivity contribution in [3.05, 3.63) is 53.1 Å². The molecular formula is C23H28O2. The van der Waals surface area contributed by atoms with E-state index < -0.39 is 0 Å². The molecule has 2 aromatic carbocycles. The predicted molar refractivity (Wildman–Crippen MR) is 104 cm³/mol. The molecule has 2 unspecified atom stereocenters. The molecular weight excluding hydrogens is 308 g/mol. The smallest absolute Gasteiger partial charge is 0.312 e. The van der Waals surface area contributed by atoms with E-state index in [4.69, 9.17) is 4.74 Å². The minimum absolute atomic E-state index is 0.0404. The number of fused-ring (bicyclic) bond motifs is 1. The predicted octanol–water partition coefficient (Wildman–Crippen LogP) is 6.22. The third-order valence-corrected chi connectivity index (χ3v) is 5.98. The van der Waals surface area contributed by atoms with E-state index in [1.807, 2.05) is 26.8 Å². The molecule has 0 bridgehead atoms. The summed E-state index contributed by atoms with van der Waals surface area (Å²) in [5.41, 5.74) is 3.21. The molecule has 1 aliphatic rings. The van der Waals surface area contributed by atoms with E-state index in [0.29, 0.717) is 0 Å². The zero-order valence-electron chi connectivity index (χ0n) is 16.1. The fourth-order valence-corrected chi connectivity index (χ4v) is 3.74. The van der Waals surface area contributed by atoms with Crippen molar-refractivity contribution in [1.82, 2.24) is 0 Å². The molecule has 2 aromatic rings. The molecule has 0 aliphatic heterocycles. The third kappa shape index (κ3) is 2.99. The van der Waals surface area contributed by atoms with Crippen LogP contribution >= 0.6 is 0 Å². The van der Waals surface area contributed by atoms with Crippen LogP contribution in [0.2, 0.25) is 0 Å². The summed E-state index contributed by atoms with van der Waals surface area (Å²) >= 11 is 0. The van der Waals surface area contributed by atoms with Crippen LogP contribution in [0.3, 0.4) is 0 Å². The van der Waals surface area contributed by atoms with Crippen LogP contribution in [-0.2, 0) is 9.53 Å². The summed E-state index contributed by atoms with van der Waals surface area (Å²) in [6.07, 6.45) is 4.81. The van der Waals surface area contributed by atoms with Crippen LogP contribution in [-0.4, -0.2) is 5.97 Å². The van der Waals surface area contributed by atoms with Gasteiger partial charge in [-0.15, -0.1) is 0 Å². The van der Waals surface area contributed by atoms with E-state index in [0.717, 1.165) is 17.4 Å². The van der Waals surface area contributed by atoms with Crippen LogP contribution in [0.1, 0.15) is 63.8 Å². The lowest BCUT2D eigenvalue weighted by molar-refractivity contribution is -0.156. The Labute approximate surface area is 150 Å². The van der Waals surface area contributed by atoms with E-state index in [9.17, 15) is 4.79 Å². The third-order valence-electron chi connectivity index (χ3n) is 5.98. The number of esters is 1. The van der Waals surface area contributed by atoms with Gasteiger partial charge in [-0.2, -0.15) is 0 Å². The van der Waals surface area contributed by atoms with E-state index >= 15 is 0 Å². The van der Waals surface area contributed by atoms with Crippen molar-refractivity contribution >= 4 is 22.8 Å². The van der Waals surface area contributed by atoms with E-state index in [1.54, 1.807) is 0 Å². The summed E-state index contributed by atoms with van der Waals surface area (Å²) < 4.78 is 5.88. The van der Waals surface area contributed by atoms with Gasteiger partial charge < -0.3 is 4.74 Å². The molecule has 0 N–H and O–H groups in total. The highest BCUT2D eigenvalue weighted by atomic mass is 16.5. The molecule has 2 nitrogen and oxygen atoms in total. The molecule has 0 aromatic heterocycles. The standard InChI is InChI=1S/C23H28O2/c1-7-9-17-13-20-18(12-15(17)2)10-8-11-19(20)16(3)25-21(24)23(6)14-22(23,4)5/h7-13,16H,14H2,1-6H3/b9-7-. The average molecular weight is 336 g/mol. The lowest BCUT2D eigenvalue weighted by Crippen LogP contribution is -2.22. The first kappa shape index (κ1) is 17.7. The lowest BCUT2D eigenvalue weighted by atomic mass is 9.95. The topological polar surface area (TPSA) is 26.3 Å². The molecule has 2 atom stereocenters. The molecule has 0 saturated heterocycles. The number of allylic oxidation sites excluding steroid dienone is 1. The number of benzene rings is 2. The lowest BCUT2D eigenvalue weighted by Gasteiger charge is -2.20. The molecule has 2 heteroatoms. The van der Waals surface area contributed by atoms with Gasteiger partial charge in [-0.05, 0) is 73.1 Å². The zero-order valence-corrected chi connectivity index (χ0v) is 16.1. The Kier molecular flexibility index (Phi) is 4.26. The van der Waals surface area contributed by atoms with Crippen molar-refractivity contribution in [3.8, 4) is 0 Å². The van der Waals surface area contributed by atoms with Gasteiger partial charge in [-0.1, -0.05) is 50.3 Å². The summed E-state index contributed by atoms with van der Waals surface area (Å²) in [4.78, 5) is 12.7. The SMILES string of the molecule is C/C=C\c1cc2c(C(C)OC(=O)C3(C)CC3(C)C)cccc2cc1C. The van der Waals surface area contributed by atoms with Gasteiger partial charge in [-0.25, -0.2) is 0 Å². The van der Waals surface area contributed by atoms with Gasteiger partial charge in [0.25, 0.3) is 0 Å². The maximum Gasteiger partial charge on any atom is 0.312 e. The van der Waals surface area contributed by atoms with Crippen molar-refractivity contribution in [2.75, 3.05) is 0 Å². The van der Waals surface area contributed by atoms with Crippen LogP contribution in [0.15, 0.2) is 36.4 Å². The van der Waals surface area contributed by atoms with Crippen molar-refractivity contribution in [3.63, 3.8) is 0 Å². The van der Waals surface area contributed by atoms with E-state index in [-0.39, 0.29) is 22.9 Å². The Balaban J connectivity index is 1.95. The highest BCUT2D eigenvalue weighted by Crippen LogP contribution is 2.64. The monoisotopic (exact) mass is 336 g/mol. The Morgan fingerprint density at radius 3 is 2.52 bits per heavy atom. The number of hydrogen-bond acceptors (Lipinski definition) is 2. The first-order chi connectivity index (χ1) is 11.7. The van der Waals surface area contributed by atoms with Gasteiger partial charge in [-0.3, -0.25) is 4.79 Å². The summed E-state index contributed by atoms with van der Waals surface area (Å²) in [5, 5.41) is 2.34.